The van der Waals surface area contributed by atoms with Gasteiger partial charge in [0.1, 0.15) is 12.4 Å². The molecule has 2 aromatic rings. The van der Waals surface area contributed by atoms with Gasteiger partial charge in [0.2, 0.25) is 0 Å². The van der Waals surface area contributed by atoms with Crippen molar-refractivity contribution in [1.29, 1.82) is 0 Å². The molecule has 0 fully saturated rings. The Labute approximate surface area is 147 Å². The van der Waals surface area contributed by atoms with Crippen LogP contribution in [0.5, 0.6) is 17.2 Å². The van der Waals surface area contributed by atoms with Crippen molar-refractivity contribution in [1.82, 2.24) is 5.32 Å². The normalized spacial score (nSPS) is 13.8. The van der Waals surface area contributed by atoms with Crippen molar-refractivity contribution in [3.63, 3.8) is 0 Å². The zero-order valence-corrected chi connectivity index (χ0v) is 14.5. The van der Waals surface area contributed by atoms with E-state index in [4.69, 9.17) is 14.2 Å². The van der Waals surface area contributed by atoms with Gasteiger partial charge in [-0.15, -0.1) is 0 Å². The van der Waals surface area contributed by atoms with Crippen LogP contribution in [0.2, 0.25) is 0 Å². The van der Waals surface area contributed by atoms with Crippen LogP contribution in [0.15, 0.2) is 48.0 Å². The topological polar surface area (TPSA) is 56.8 Å². The monoisotopic (exact) mass is 339 g/mol. The molecule has 1 atom stereocenters. The van der Waals surface area contributed by atoms with E-state index < -0.39 is 0 Å². The SMILES string of the molecule is COc1ccc(C(C)NC(=O)C2=Cc3ccccc3OC2)cc1OC. The fourth-order valence-corrected chi connectivity index (χ4v) is 2.74. The lowest BCUT2D eigenvalue weighted by Gasteiger charge is -2.20. The van der Waals surface area contributed by atoms with Gasteiger partial charge in [0, 0.05) is 5.56 Å². The third kappa shape index (κ3) is 3.60. The van der Waals surface area contributed by atoms with Crippen LogP contribution in [0.4, 0.5) is 0 Å². The molecule has 1 N–H and O–H groups in total. The molecule has 1 aliphatic heterocycles. The molecule has 1 aliphatic rings. The zero-order valence-electron chi connectivity index (χ0n) is 14.5. The summed E-state index contributed by atoms with van der Waals surface area (Å²) in [4.78, 5) is 12.6. The van der Waals surface area contributed by atoms with Gasteiger partial charge in [0.25, 0.3) is 5.91 Å². The number of benzene rings is 2. The maximum atomic E-state index is 12.6. The molecule has 2 aromatic carbocycles. The Morgan fingerprint density at radius 3 is 2.64 bits per heavy atom. The van der Waals surface area contributed by atoms with E-state index in [1.165, 1.54) is 0 Å². The summed E-state index contributed by atoms with van der Waals surface area (Å²) in [6, 6.07) is 13.1. The molecule has 0 radical (unpaired) electrons. The number of para-hydroxylation sites is 1. The van der Waals surface area contributed by atoms with Gasteiger partial charge in [0.05, 0.1) is 25.8 Å². The number of fused-ring (bicyclic) bond motifs is 1. The average molecular weight is 339 g/mol. The Bertz CT molecular complexity index is 813. The lowest BCUT2D eigenvalue weighted by Crippen LogP contribution is -2.30. The van der Waals surface area contributed by atoms with Crippen molar-refractivity contribution in [2.24, 2.45) is 0 Å². The summed E-state index contributed by atoms with van der Waals surface area (Å²) < 4.78 is 16.2. The molecule has 1 amide bonds. The Hall–Kier alpha value is -2.95. The van der Waals surface area contributed by atoms with Crippen LogP contribution in [0, 0.1) is 0 Å². The van der Waals surface area contributed by atoms with Crippen molar-refractivity contribution >= 4 is 12.0 Å². The molecule has 25 heavy (non-hydrogen) atoms. The fraction of sp³-hybridized carbons (Fsp3) is 0.250. The summed E-state index contributed by atoms with van der Waals surface area (Å²) in [5.74, 6) is 1.95. The fourth-order valence-electron chi connectivity index (χ4n) is 2.74. The maximum absolute atomic E-state index is 12.6. The molecule has 0 saturated heterocycles. The lowest BCUT2D eigenvalue weighted by molar-refractivity contribution is -0.118. The quantitative estimate of drug-likeness (QED) is 0.907. The number of rotatable bonds is 5. The Morgan fingerprint density at radius 2 is 1.88 bits per heavy atom. The van der Waals surface area contributed by atoms with E-state index in [-0.39, 0.29) is 18.6 Å². The Kier molecular flexibility index (Phi) is 4.93. The second-order valence-electron chi connectivity index (χ2n) is 5.81. The van der Waals surface area contributed by atoms with Crippen LogP contribution in [0.1, 0.15) is 24.1 Å². The van der Waals surface area contributed by atoms with Gasteiger partial charge in [-0.05, 0) is 36.8 Å². The lowest BCUT2D eigenvalue weighted by atomic mass is 10.0. The Balaban J connectivity index is 1.74. The minimum Gasteiger partial charge on any atom is -0.493 e. The van der Waals surface area contributed by atoms with Crippen molar-refractivity contribution < 1.29 is 19.0 Å². The standard InChI is InChI=1S/C20H21NO4/c1-13(14-8-9-18(23-2)19(11-14)24-3)21-20(22)16-10-15-6-4-5-7-17(15)25-12-16/h4-11,13H,12H2,1-3H3,(H,21,22). The molecule has 0 aromatic heterocycles. The van der Waals surface area contributed by atoms with E-state index in [2.05, 4.69) is 5.32 Å². The highest BCUT2D eigenvalue weighted by molar-refractivity contribution is 5.99. The molecule has 3 rings (SSSR count). The van der Waals surface area contributed by atoms with Gasteiger partial charge in [-0.2, -0.15) is 0 Å². The molecule has 130 valence electrons. The summed E-state index contributed by atoms with van der Waals surface area (Å²) in [6.07, 6.45) is 1.87. The number of carbonyl (C=O) groups is 1. The number of ether oxygens (including phenoxy) is 3. The number of nitrogens with one attached hydrogen (secondary N) is 1. The third-order valence-electron chi connectivity index (χ3n) is 4.18. The van der Waals surface area contributed by atoms with Crippen LogP contribution < -0.4 is 19.5 Å². The van der Waals surface area contributed by atoms with Crippen LogP contribution in [-0.4, -0.2) is 26.7 Å². The summed E-state index contributed by atoms with van der Waals surface area (Å²) in [5, 5.41) is 3.00. The average Bonchev–Trinajstić information content (AvgIpc) is 2.66. The van der Waals surface area contributed by atoms with Crippen molar-refractivity contribution in [3.05, 3.63) is 59.2 Å². The van der Waals surface area contributed by atoms with Gasteiger partial charge >= 0.3 is 0 Å². The smallest absolute Gasteiger partial charge is 0.251 e. The van der Waals surface area contributed by atoms with Gasteiger partial charge in [0.15, 0.2) is 11.5 Å². The van der Waals surface area contributed by atoms with E-state index in [1.54, 1.807) is 14.2 Å². The number of hydrogen-bond acceptors (Lipinski definition) is 4. The second-order valence-corrected chi connectivity index (χ2v) is 5.81. The van der Waals surface area contributed by atoms with E-state index in [0.717, 1.165) is 16.9 Å². The Morgan fingerprint density at radius 1 is 1.12 bits per heavy atom. The summed E-state index contributed by atoms with van der Waals surface area (Å²) >= 11 is 0. The molecular formula is C20H21NO4. The summed E-state index contributed by atoms with van der Waals surface area (Å²) in [5.41, 5.74) is 2.45. The first-order chi connectivity index (χ1) is 12.1. The van der Waals surface area contributed by atoms with E-state index in [0.29, 0.717) is 17.1 Å². The highest BCUT2D eigenvalue weighted by Crippen LogP contribution is 2.30. The highest BCUT2D eigenvalue weighted by atomic mass is 16.5. The molecule has 0 spiro atoms. The minimum atomic E-state index is -0.176. The number of methoxy groups -OCH3 is 2. The zero-order chi connectivity index (χ0) is 17.8. The van der Waals surface area contributed by atoms with Gasteiger partial charge < -0.3 is 19.5 Å². The molecule has 5 nitrogen and oxygen atoms in total. The summed E-state index contributed by atoms with van der Waals surface area (Å²) in [7, 11) is 3.18. The van der Waals surface area contributed by atoms with Gasteiger partial charge in [-0.25, -0.2) is 0 Å². The molecule has 1 unspecified atom stereocenters. The highest BCUT2D eigenvalue weighted by Gasteiger charge is 2.19. The maximum Gasteiger partial charge on any atom is 0.251 e. The second kappa shape index (κ2) is 7.30. The first kappa shape index (κ1) is 16.9. The molecule has 5 heteroatoms. The molecule has 0 saturated carbocycles. The van der Waals surface area contributed by atoms with Crippen molar-refractivity contribution in [2.45, 2.75) is 13.0 Å². The molecular weight excluding hydrogens is 318 g/mol. The van der Waals surface area contributed by atoms with Crippen LogP contribution >= 0.6 is 0 Å². The number of hydrogen-bond donors (Lipinski definition) is 1. The largest absolute Gasteiger partial charge is 0.493 e. The first-order valence-electron chi connectivity index (χ1n) is 8.07. The molecule has 1 heterocycles. The predicted octanol–water partition coefficient (Wildman–Crippen LogP) is 3.36. The predicted molar refractivity (Wildman–Crippen MR) is 96.0 cm³/mol. The molecule has 0 bridgehead atoms. The van der Waals surface area contributed by atoms with E-state index >= 15 is 0 Å². The van der Waals surface area contributed by atoms with Crippen LogP contribution in [-0.2, 0) is 4.79 Å². The third-order valence-corrected chi connectivity index (χ3v) is 4.18. The van der Waals surface area contributed by atoms with Crippen molar-refractivity contribution in [3.8, 4) is 17.2 Å². The van der Waals surface area contributed by atoms with Crippen molar-refractivity contribution in [2.75, 3.05) is 20.8 Å². The van der Waals surface area contributed by atoms with Gasteiger partial charge in [-0.1, -0.05) is 24.3 Å². The number of amides is 1. The molecule has 0 aliphatic carbocycles. The van der Waals surface area contributed by atoms with Gasteiger partial charge in [-0.3, -0.25) is 4.79 Å². The van der Waals surface area contributed by atoms with Crippen LogP contribution in [0.3, 0.4) is 0 Å². The summed E-state index contributed by atoms with van der Waals surface area (Å²) in [6.45, 7) is 2.19. The van der Waals surface area contributed by atoms with Crippen LogP contribution in [0.25, 0.3) is 6.08 Å². The van der Waals surface area contributed by atoms with E-state index in [9.17, 15) is 4.79 Å². The first-order valence-corrected chi connectivity index (χ1v) is 8.07. The van der Waals surface area contributed by atoms with E-state index in [1.807, 2.05) is 55.5 Å². The number of carbonyl (C=O) groups excluding carboxylic acids is 1. The minimum absolute atomic E-state index is 0.142.